The fourth-order valence-electron chi connectivity index (χ4n) is 1.82. The van der Waals surface area contributed by atoms with E-state index in [1.54, 1.807) is 0 Å². The highest BCUT2D eigenvalue weighted by atomic mass is 79.9. The van der Waals surface area contributed by atoms with Gasteiger partial charge in [0.1, 0.15) is 4.88 Å². The van der Waals surface area contributed by atoms with Crippen molar-refractivity contribution in [3.63, 3.8) is 0 Å². The van der Waals surface area contributed by atoms with E-state index in [2.05, 4.69) is 31.4 Å². The molecule has 1 N–H and O–H groups in total. The van der Waals surface area contributed by atoms with Crippen LogP contribution in [-0.2, 0) is 0 Å². The quantitative estimate of drug-likeness (QED) is 0.759. The number of nitrogens with one attached hydrogen (secondary N) is 1. The number of halogens is 1. The summed E-state index contributed by atoms with van der Waals surface area (Å²) in [6, 6.07) is 7.45. The van der Waals surface area contributed by atoms with Gasteiger partial charge in [-0.2, -0.15) is 0 Å². The van der Waals surface area contributed by atoms with Gasteiger partial charge in [-0.25, -0.2) is 0 Å². The number of thiophene rings is 1. The highest BCUT2D eigenvalue weighted by Crippen LogP contribution is 2.27. The van der Waals surface area contributed by atoms with Crippen molar-refractivity contribution >= 4 is 38.9 Å². The zero-order valence-electron chi connectivity index (χ0n) is 11.0. The number of benzene rings is 1. The van der Waals surface area contributed by atoms with Crippen LogP contribution in [0.2, 0.25) is 0 Å². The maximum absolute atomic E-state index is 12.3. The third-order valence-electron chi connectivity index (χ3n) is 2.92. The molecule has 3 rings (SSSR count). The molecule has 0 atom stereocenters. The molecule has 2 heterocycles. The number of anilines is 1. The van der Waals surface area contributed by atoms with E-state index >= 15 is 0 Å². The van der Waals surface area contributed by atoms with Gasteiger partial charge in [0.15, 0.2) is 0 Å². The Morgan fingerprint density at radius 2 is 2.24 bits per heavy atom. The lowest BCUT2D eigenvalue weighted by Gasteiger charge is -2.09. The molecule has 0 aliphatic carbocycles. The van der Waals surface area contributed by atoms with Gasteiger partial charge in [0.05, 0.1) is 0 Å². The Bertz CT molecular complexity index is 783. The molecule has 2 aromatic heterocycles. The summed E-state index contributed by atoms with van der Waals surface area (Å²) in [5.41, 5.74) is 2.44. The molecule has 0 spiro atoms. The van der Waals surface area contributed by atoms with E-state index in [-0.39, 0.29) is 5.91 Å². The lowest BCUT2D eigenvalue weighted by molar-refractivity contribution is 0.103. The van der Waals surface area contributed by atoms with Crippen LogP contribution in [-0.4, -0.2) is 16.1 Å². The van der Waals surface area contributed by atoms with Crippen LogP contribution in [0, 0.1) is 6.92 Å². The number of rotatable bonds is 3. The molecular weight excluding hydrogens is 354 g/mol. The normalized spacial score (nSPS) is 10.6. The molecule has 0 unspecified atom stereocenters. The lowest BCUT2D eigenvalue weighted by Crippen LogP contribution is -2.11. The van der Waals surface area contributed by atoms with Gasteiger partial charge in [-0.05, 0) is 52.0 Å². The first-order chi connectivity index (χ1) is 10.1. The monoisotopic (exact) mass is 363 g/mol. The molecule has 21 heavy (non-hydrogen) atoms. The second-order valence-electron chi connectivity index (χ2n) is 4.33. The molecule has 0 saturated carbocycles. The second-order valence-corrected chi connectivity index (χ2v) is 6.10. The Balaban J connectivity index is 1.90. The summed E-state index contributed by atoms with van der Waals surface area (Å²) in [6.07, 6.45) is 1.27. The van der Waals surface area contributed by atoms with E-state index in [0.29, 0.717) is 10.8 Å². The number of aromatic nitrogens is 2. The van der Waals surface area contributed by atoms with E-state index in [9.17, 15) is 4.79 Å². The van der Waals surface area contributed by atoms with Crippen molar-refractivity contribution in [2.24, 2.45) is 0 Å². The van der Waals surface area contributed by atoms with Crippen LogP contribution in [0.4, 0.5) is 5.69 Å². The SMILES string of the molecule is Cc1ccc(-c2nnco2)cc1NC(=O)c1sccc1Br. The highest BCUT2D eigenvalue weighted by Gasteiger charge is 2.14. The molecule has 7 heteroatoms. The van der Waals surface area contributed by atoms with Crippen LogP contribution in [0.15, 0.2) is 44.9 Å². The summed E-state index contributed by atoms with van der Waals surface area (Å²) in [7, 11) is 0. The Morgan fingerprint density at radius 1 is 1.38 bits per heavy atom. The number of nitrogens with zero attached hydrogens (tertiary/aromatic N) is 2. The maximum atomic E-state index is 12.3. The largest absolute Gasteiger partial charge is 0.423 e. The molecule has 106 valence electrons. The average molecular weight is 364 g/mol. The zero-order valence-corrected chi connectivity index (χ0v) is 13.4. The van der Waals surface area contributed by atoms with Crippen molar-refractivity contribution in [1.82, 2.24) is 10.2 Å². The minimum absolute atomic E-state index is 0.150. The third-order valence-corrected chi connectivity index (χ3v) is 4.75. The van der Waals surface area contributed by atoms with Gasteiger partial charge in [0.25, 0.3) is 5.91 Å². The smallest absolute Gasteiger partial charge is 0.266 e. The van der Waals surface area contributed by atoms with Crippen LogP contribution in [0.1, 0.15) is 15.2 Å². The third kappa shape index (κ3) is 2.88. The van der Waals surface area contributed by atoms with Gasteiger partial charge >= 0.3 is 0 Å². The van der Waals surface area contributed by atoms with Crippen LogP contribution >= 0.6 is 27.3 Å². The summed E-state index contributed by atoms with van der Waals surface area (Å²) in [4.78, 5) is 12.9. The molecule has 1 amide bonds. The molecule has 0 bridgehead atoms. The van der Waals surface area contributed by atoms with E-state index < -0.39 is 0 Å². The summed E-state index contributed by atoms with van der Waals surface area (Å²) < 4.78 is 5.96. The summed E-state index contributed by atoms with van der Waals surface area (Å²) in [5.74, 6) is 0.269. The van der Waals surface area contributed by atoms with Crippen molar-refractivity contribution < 1.29 is 9.21 Å². The molecule has 0 radical (unpaired) electrons. The van der Waals surface area contributed by atoms with Gasteiger partial charge in [-0.1, -0.05) is 6.07 Å². The zero-order chi connectivity index (χ0) is 14.8. The lowest BCUT2D eigenvalue weighted by atomic mass is 10.1. The van der Waals surface area contributed by atoms with Crippen molar-refractivity contribution in [2.75, 3.05) is 5.32 Å². The first kappa shape index (κ1) is 14.0. The number of amides is 1. The molecule has 0 aliphatic heterocycles. The van der Waals surface area contributed by atoms with E-state index in [1.165, 1.54) is 17.7 Å². The number of aryl methyl sites for hydroxylation is 1. The number of hydrogen-bond acceptors (Lipinski definition) is 5. The van der Waals surface area contributed by atoms with E-state index in [1.807, 2.05) is 36.6 Å². The molecular formula is C14H10BrN3O2S. The Morgan fingerprint density at radius 3 is 2.90 bits per heavy atom. The maximum Gasteiger partial charge on any atom is 0.266 e. The number of carbonyl (C=O) groups excluding carboxylic acids is 1. The summed E-state index contributed by atoms with van der Waals surface area (Å²) in [6.45, 7) is 1.93. The molecule has 0 saturated heterocycles. The first-order valence-electron chi connectivity index (χ1n) is 6.06. The van der Waals surface area contributed by atoms with Crippen LogP contribution in [0.25, 0.3) is 11.5 Å². The minimum Gasteiger partial charge on any atom is -0.423 e. The molecule has 5 nitrogen and oxygen atoms in total. The minimum atomic E-state index is -0.150. The predicted octanol–water partition coefficient (Wildman–Crippen LogP) is 4.12. The fourth-order valence-corrected chi connectivity index (χ4v) is 3.27. The van der Waals surface area contributed by atoms with Gasteiger partial charge in [-0.15, -0.1) is 21.5 Å². The van der Waals surface area contributed by atoms with E-state index in [0.717, 1.165) is 21.3 Å². The summed E-state index contributed by atoms with van der Waals surface area (Å²) in [5, 5.41) is 12.3. The molecule has 0 fully saturated rings. The van der Waals surface area contributed by atoms with Gasteiger partial charge in [0, 0.05) is 15.7 Å². The Labute approximate surface area is 133 Å². The Hall–Kier alpha value is -1.99. The highest BCUT2D eigenvalue weighted by molar-refractivity contribution is 9.10. The van der Waals surface area contributed by atoms with Gasteiger partial charge in [-0.3, -0.25) is 4.79 Å². The molecule has 1 aromatic carbocycles. The van der Waals surface area contributed by atoms with Crippen molar-refractivity contribution in [1.29, 1.82) is 0 Å². The second kappa shape index (κ2) is 5.79. The molecule has 0 aliphatic rings. The molecule has 3 aromatic rings. The topological polar surface area (TPSA) is 68.0 Å². The van der Waals surface area contributed by atoms with E-state index in [4.69, 9.17) is 4.42 Å². The fraction of sp³-hybridized carbons (Fsp3) is 0.0714. The number of hydrogen-bond donors (Lipinski definition) is 1. The Kier molecular flexibility index (Phi) is 3.85. The van der Waals surface area contributed by atoms with Gasteiger partial charge in [0.2, 0.25) is 12.3 Å². The van der Waals surface area contributed by atoms with Crippen molar-refractivity contribution in [3.8, 4) is 11.5 Å². The predicted molar refractivity (Wildman–Crippen MR) is 84.4 cm³/mol. The summed E-state index contributed by atoms with van der Waals surface area (Å²) >= 11 is 4.75. The number of carbonyl (C=O) groups is 1. The van der Waals surface area contributed by atoms with Crippen molar-refractivity contribution in [2.45, 2.75) is 6.92 Å². The first-order valence-corrected chi connectivity index (χ1v) is 7.74. The average Bonchev–Trinajstić information content (AvgIpc) is 3.12. The standard InChI is InChI=1S/C14H10BrN3O2S/c1-8-2-3-9(14-18-16-7-20-14)6-11(8)17-13(19)12-10(15)4-5-21-12/h2-7H,1H3,(H,17,19). The van der Waals surface area contributed by atoms with Gasteiger partial charge < -0.3 is 9.73 Å². The van der Waals surface area contributed by atoms with Crippen LogP contribution < -0.4 is 5.32 Å². The van der Waals surface area contributed by atoms with Crippen LogP contribution in [0.5, 0.6) is 0 Å². The van der Waals surface area contributed by atoms with Crippen LogP contribution in [0.3, 0.4) is 0 Å². The van der Waals surface area contributed by atoms with Crippen molar-refractivity contribution in [3.05, 3.63) is 51.0 Å².